The molecule has 1 aromatic heterocycles. The molecule has 0 bridgehead atoms. The van der Waals surface area contributed by atoms with Crippen LogP contribution in [0.5, 0.6) is 0 Å². The molecular weight excluding hydrogens is 278 g/mol. The Morgan fingerprint density at radius 3 is 2.55 bits per heavy atom. The van der Waals surface area contributed by atoms with Crippen LogP contribution >= 0.6 is 0 Å². The fourth-order valence-electron chi connectivity index (χ4n) is 2.25. The van der Waals surface area contributed by atoms with E-state index >= 15 is 0 Å². The van der Waals surface area contributed by atoms with Crippen LogP contribution in [0.3, 0.4) is 0 Å². The number of carbonyl (C=O) groups excluding carboxylic acids is 1. The van der Waals surface area contributed by atoms with Gasteiger partial charge in [-0.1, -0.05) is 30.3 Å². The molecule has 0 spiro atoms. The quantitative estimate of drug-likeness (QED) is 0.778. The zero-order valence-electron chi connectivity index (χ0n) is 12.0. The zero-order valence-corrected chi connectivity index (χ0v) is 12.0. The first-order valence-electron chi connectivity index (χ1n) is 7.00. The van der Waals surface area contributed by atoms with E-state index in [0.717, 1.165) is 0 Å². The molecule has 0 fully saturated rings. The molecule has 22 heavy (non-hydrogen) atoms. The molecule has 0 radical (unpaired) electrons. The number of carbonyl (C=O) groups is 1. The summed E-state index contributed by atoms with van der Waals surface area (Å²) in [5.74, 6) is 0.233. The summed E-state index contributed by atoms with van der Waals surface area (Å²) in [6.45, 7) is 1.79. The van der Waals surface area contributed by atoms with Gasteiger partial charge in [0.15, 0.2) is 0 Å². The molecule has 0 aliphatic carbocycles. The number of aromatic amines is 1. The Bertz CT molecular complexity index is 872. The van der Waals surface area contributed by atoms with Gasteiger partial charge >= 0.3 is 0 Å². The summed E-state index contributed by atoms with van der Waals surface area (Å²) < 4.78 is 0. The van der Waals surface area contributed by atoms with Crippen LogP contribution in [0.2, 0.25) is 0 Å². The van der Waals surface area contributed by atoms with Gasteiger partial charge < -0.3 is 10.3 Å². The van der Waals surface area contributed by atoms with Gasteiger partial charge in [-0.15, -0.1) is 0 Å². The molecule has 3 rings (SSSR count). The van der Waals surface area contributed by atoms with E-state index in [-0.39, 0.29) is 11.5 Å². The van der Waals surface area contributed by atoms with E-state index in [9.17, 15) is 9.59 Å². The minimum Gasteiger partial charge on any atom is -0.342 e. The second-order valence-electron chi connectivity index (χ2n) is 5.03. The highest BCUT2D eigenvalue weighted by atomic mass is 16.1. The van der Waals surface area contributed by atoms with Gasteiger partial charge in [0, 0.05) is 5.56 Å². The van der Waals surface area contributed by atoms with E-state index in [4.69, 9.17) is 0 Å². The Labute approximate surface area is 127 Å². The molecule has 1 atom stereocenters. The molecular formula is C17H15N3O2. The molecule has 110 valence electrons. The number of amides is 1. The molecule has 2 N–H and O–H groups in total. The summed E-state index contributed by atoms with van der Waals surface area (Å²) >= 11 is 0. The average Bonchev–Trinajstić information content (AvgIpc) is 2.55. The van der Waals surface area contributed by atoms with Crippen LogP contribution < -0.4 is 10.9 Å². The number of benzene rings is 2. The van der Waals surface area contributed by atoms with Crippen molar-refractivity contribution >= 4 is 16.8 Å². The van der Waals surface area contributed by atoms with Gasteiger partial charge in [0.25, 0.3) is 11.5 Å². The van der Waals surface area contributed by atoms with Crippen LogP contribution in [0.25, 0.3) is 10.9 Å². The first-order valence-corrected chi connectivity index (χ1v) is 7.00. The maximum atomic E-state index is 12.1. The summed E-state index contributed by atoms with van der Waals surface area (Å²) in [4.78, 5) is 31.3. The maximum absolute atomic E-state index is 12.1. The van der Waals surface area contributed by atoms with Crippen molar-refractivity contribution < 1.29 is 4.79 Å². The molecule has 5 nitrogen and oxygen atoms in total. The van der Waals surface area contributed by atoms with Crippen LogP contribution in [0.1, 0.15) is 29.1 Å². The van der Waals surface area contributed by atoms with E-state index < -0.39 is 6.04 Å². The Morgan fingerprint density at radius 1 is 1.09 bits per heavy atom. The van der Waals surface area contributed by atoms with E-state index in [1.54, 1.807) is 49.4 Å². The molecule has 0 aliphatic heterocycles. The molecule has 2 aromatic carbocycles. The number of hydrogen-bond donors (Lipinski definition) is 2. The predicted octanol–water partition coefficient (Wildman–Crippen LogP) is 2.41. The lowest BCUT2D eigenvalue weighted by molar-refractivity contribution is 0.0938. The number of aromatic nitrogens is 2. The smallest absolute Gasteiger partial charge is 0.258 e. The highest BCUT2D eigenvalue weighted by molar-refractivity contribution is 5.94. The minimum atomic E-state index is -0.398. The van der Waals surface area contributed by atoms with Crippen LogP contribution in [0.4, 0.5) is 0 Å². The lowest BCUT2D eigenvalue weighted by Gasteiger charge is -2.13. The Morgan fingerprint density at radius 2 is 1.77 bits per heavy atom. The lowest BCUT2D eigenvalue weighted by atomic mass is 10.2. The molecule has 1 amide bonds. The molecule has 3 aromatic rings. The standard InChI is InChI=1S/C17H15N3O2/c1-11(18-16(21)12-7-3-2-4-8-12)15-19-14-10-6-5-9-13(14)17(22)20-15/h2-11H,1H3,(H,18,21)(H,19,20,22). The van der Waals surface area contributed by atoms with Gasteiger partial charge in [-0.3, -0.25) is 9.59 Å². The number of rotatable bonds is 3. The maximum Gasteiger partial charge on any atom is 0.258 e. The summed E-state index contributed by atoms with van der Waals surface area (Å²) in [7, 11) is 0. The van der Waals surface area contributed by atoms with Gasteiger partial charge in [-0.2, -0.15) is 0 Å². The molecule has 0 saturated carbocycles. The number of nitrogens with one attached hydrogen (secondary N) is 2. The van der Waals surface area contributed by atoms with Gasteiger partial charge in [-0.05, 0) is 31.2 Å². The summed E-state index contributed by atoms with van der Waals surface area (Å²) in [5.41, 5.74) is 0.973. The van der Waals surface area contributed by atoms with E-state index in [0.29, 0.717) is 22.3 Å². The van der Waals surface area contributed by atoms with Crippen molar-refractivity contribution in [1.82, 2.24) is 15.3 Å². The average molecular weight is 293 g/mol. The van der Waals surface area contributed by atoms with Gasteiger partial charge in [0.2, 0.25) is 0 Å². The summed E-state index contributed by atoms with van der Waals surface area (Å²) in [6.07, 6.45) is 0. The van der Waals surface area contributed by atoms with Gasteiger partial charge in [0.05, 0.1) is 16.9 Å². The minimum absolute atomic E-state index is 0.205. The van der Waals surface area contributed by atoms with Crippen molar-refractivity contribution in [2.24, 2.45) is 0 Å². The van der Waals surface area contributed by atoms with E-state index in [1.165, 1.54) is 0 Å². The second-order valence-corrected chi connectivity index (χ2v) is 5.03. The van der Waals surface area contributed by atoms with Gasteiger partial charge in [0.1, 0.15) is 5.82 Å². The monoisotopic (exact) mass is 293 g/mol. The topological polar surface area (TPSA) is 74.8 Å². The van der Waals surface area contributed by atoms with Crippen molar-refractivity contribution in [1.29, 1.82) is 0 Å². The van der Waals surface area contributed by atoms with Crippen molar-refractivity contribution in [3.63, 3.8) is 0 Å². The second kappa shape index (κ2) is 5.81. The highest BCUT2D eigenvalue weighted by Crippen LogP contribution is 2.11. The van der Waals surface area contributed by atoms with Crippen molar-refractivity contribution in [3.8, 4) is 0 Å². The van der Waals surface area contributed by atoms with Crippen LogP contribution in [-0.2, 0) is 0 Å². The van der Waals surface area contributed by atoms with Crippen LogP contribution in [0.15, 0.2) is 59.4 Å². The van der Waals surface area contributed by atoms with E-state index in [1.807, 2.05) is 12.1 Å². The lowest BCUT2D eigenvalue weighted by Crippen LogP contribution is -2.29. The molecule has 5 heteroatoms. The molecule has 1 heterocycles. The first-order chi connectivity index (χ1) is 10.6. The third-order valence-electron chi connectivity index (χ3n) is 3.42. The number of hydrogen-bond acceptors (Lipinski definition) is 3. The van der Waals surface area contributed by atoms with Crippen LogP contribution in [-0.4, -0.2) is 15.9 Å². The normalized spacial score (nSPS) is 12.0. The first kappa shape index (κ1) is 14.0. The zero-order chi connectivity index (χ0) is 15.5. The largest absolute Gasteiger partial charge is 0.342 e. The fraction of sp³-hybridized carbons (Fsp3) is 0.118. The predicted molar refractivity (Wildman–Crippen MR) is 84.7 cm³/mol. The Kier molecular flexibility index (Phi) is 3.70. The van der Waals surface area contributed by atoms with Crippen molar-refractivity contribution in [3.05, 3.63) is 76.3 Å². The third kappa shape index (κ3) is 2.74. The Hall–Kier alpha value is -2.95. The van der Waals surface area contributed by atoms with Crippen molar-refractivity contribution in [2.45, 2.75) is 13.0 Å². The van der Waals surface area contributed by atoms with Crippen LogP contribution in [0, 0.1) is 0 Å². The number of fused-ring (bicyclic) bond motifs is 1. The fourth-order valence-corrected chi connectivity index (χ4v) is 2.25. The van der Waals surface area contributed by atoms with Gasteiger partial charge in [-0.25, -0.2) is 4.98 Å². The molecule has 0 saturated heterocycles. The number of H-pyrrole nitrogens is 1. The number of para-hydroxylation sites is 1. The summed E-state index contributed by atoms with van der Waals surface area (Å²) in [6, 6.07) is 15.6. The Balaban J connectivity index is 1.88. The summed E-state index contributed by atoms with van der Waals surface area (Å²) in [5, 5.41) is 3.37. The SMILES string of the molecule is CC(NC(=O)c1ccccc1)c1nc2ccccc2c(=O)[nH]1. The third-order valence-corrected chi connectivity index (χ3v) is 3.42. The molecule has 1 unspecified atom stereocenters. The van der Waals surface area contributed by atoms with E-state index in [2.05, 4.69) is 15.3 Å². The number of nitrogens with zero attached hydrogens (tertiary/aromatic N) is 1. The van der Waals surface area contributed by atoms with Crippen molar-refractivity contribution in [2.75, 3.05) is 0 Å². The highest BCUT2D eigenvalue weighted by Gasteiger charge is 2.14. The molecule has 0 aliphatic rings.